The first-order valence-corrected chi connectivity index (χ1v) is 9.37. The molecule has 2 fully saturated rings. The molecule has 3 unspecified atom stereocenters. The van der Waals surface area contributed by atoms with E-state index in [1.165, 1.54) is 64.6 Å². The molecule has 0 aromatic carbocycles. The number of unbranched alkanes of at least 4 members (excludes halogenated alkanes) is 3. The largest absolute Gasteiger partial charge is 0.312 e. The molecular weight excluding hydrogens is 256 g/mol. The molecule has 2 heteroatoms. The van der Waals surface area contributed by atoms with E-state index in [0.717, 1.165) is 17.8 Å². The molecule has 2 saturated carbocycles. The van der Waals surface area contributed by atoms with E-state index < -0.39 is 0 Å². The Morgan fingerprint density at radius 1 is 1.00 bits per heavy atom. The van der Waals surface area contributed by atoms with Crippen LogP contribution in [0.5, 0.6) is 0 Å². The summed E-state index contributed by atoms with van der Waals surface area (Å²) in [6.07, 6.45) is 11.6. The zero-order valence-corrected chi connectivity index (χ0v) is 15.0. The van der Waals surface area contributed by atoms with Crippen LogP contribution in [0.3, 0.4) is 0 Å². The molecule has 2 bridgehead atoms. The van der Waals surface area contributed by atoms with Crippen molar-refractivity contribution in [3.8, 4) is 0 Å². The molecule has 3 atom stereocenters. The Morgan fingerprint density at radius 3 is 2.38 bits per heavy atom. The second-order valence-corrected chi connectivity index (χ2v) is 8.79. The zero-order chi connectivity index (χ0) is 15.3. The summed E-state index contributed by atoms with van der Waals surface area (Å²) in [5.41, 5.74) is 0.279. The van der Waals surface area contributed by atoms with Gasteiger partial charge in [-0.15, -0.1) is 0 Å². The van der Waals surface area contributed by atoms with Crippen LogP contribution in [0, 0.1) is 17.8 Å². The van der Waals surface area contributed by atoms with Crippen molar-refractivity contribution in [1.82, 2.24) is 10.2 Å². The van der Waals surface area contributed by atoms with Crippen molar-refractivity contribution in [3.05, 3.63) is 0 Å². The molecule has 0 spiro atoms. The minimum absolute atomic E-state index is 0.279. The van der Waals surface area contributed by atoms with E-state index in [4.69, 9.17) is 0 Å². The lowest BCUT2D eigenvalue weighted by Crippen LogP contribution is -2.36. The molecule has 2 nitrogen and oxygen atoms in total. The number of hydrogen-bond acceptors (Lipinski definition) is 2. The maximum atomic E-state index is 3.57. The lowest BCUT2D eigenvalue weighted by atomic mass is 9.88. The van der Waals surface area contributed by atoms with Crippen molar-refractivity contribution < 1.29 is 0 Å². The number of hydrogen-bond donors (Lipinski definition) is 1. The quantitative estimate of drug-likeness (QED) is 0.638. The van der Waals surface area contributed by atoms with E-state index in [1.807, 2.05) is 0 Å². The van der Waals surface area contributed by atoms with E-state index in [9.17, 15) is 0 Å². The second kappa shape index (κ2) is 7.97. The second-order valence-electron chi connectivity index (χ2n) is 8.79. The summed E-state index contributed by atoms with van der Waals surface area (Å²) in [7, 11) is 2.34. The third-order valence-electron chi connectivity index (χ3n) is 5.55. The fourth-order valence-corrected chi connectivity index (χ4v) is 4.42. The van der Waals surface area contributed by atoms with Gasteiger partial charge in [0.25, 0.3) is 0 Å². The van der Waals surface area contributed by atoms with Crippen LogP contribution in [-0.4, -0.2) is 37.1 Å². The van der Waals surface area contributed by atoms with Gasteiger partial charge in [-0.1, -0.05) is 19.3 Å². The molecule has 0 saturated heterocycles. The Morgan fingerprint density at radius 2 is 1.76 bits per heavy atom. The number of rotatable bonds is 9. The van der Waals surface area contributed by atoms with Gasteiger partial charge in [-0.25, -0.2) is 0 Å². The van der Waals surface area contributed by atoms with Gasteiger partial charge in [0.2, 0.25) is 0 Å². The maximum Gasteiger partial charge on any atom is 0.00965 e. The van der Waals surface area contributed by atoms with E-state index in [1.54, 1.807) is 6.42 Å². The van der Waals surface area contributed by atoms with Gasteiger partial charge in [0.05, 0.1) is 0 Å². The van der Waals surface area contributed by atoms with Gasteiger partial charge >= 0.3 is 0 Å². The summed E-state index contributed by atoms with van der Waals surface area (Å²) in [5, 5.41) is 3.57. The van der Waals surface area contributed by atoms with Gasteiger partial charge in [-0.05, 0) is 90.8 Å². The Kier molecular flexibility index (Phi) is 6.55. The molecule has 0 heterocycles. The van der Waals surface area contributed by atoms with Crippen molar-refractivity contribution in [2.24, 2.45) is 17.8 Å². The summed E-state index contributed by atoms with van der Waals surface area (Å²) in [6.45, 7) is 10.6. The topological polar surface area (TPSA) is 15.3 Å². The summed E-state index contributed by atoms with van der Waals surface area (Å²) in [5.74, 6) is 3.22. The Bertz CT molecular complexity index is 294. The molecule has 0 amide bonds. The van der Waals surface area contributed by atoms with Crippen molar-refractivity contribution in [2.75, 3.05) is 26.7 Å². The van der Waals surface area contributed by atoms with Crippen LogP contribution < -0.4 is 5.32 Å². The lowest BCUT2D eigenvalue weighted by Gasteiger charge is -2.27. The molecule has 2 aliphatic carbocycles. The van der Waals surface area contributed by atoms with Crippen molar-refractivity contribution in [2.45, 2.75) is 77.7 Å². The Hall–Kier alpha value is -0.0800. The number of nitrogens with zero attached hydrogens (tertiary/aromatic N) is 1. The van der Waals surface area contributed by atoms with Gasteiger partial charge in [0.15, 0.2) is 0 Å². The fraction of sp³-hybridized carbons (Fsp3) is 1.00. The third-order valence-corrected chi connectivity index (χ3v) is 5.55. The maximum absolute atomic E-state index is 3.57. The van der Waals surface area contributed by atoms with E-state index >= 15 is 0 Å². The van der Waals surface area contributed by atoms with Crippen LogP contribution in [0.25, 0.3) is 0 Å². The normalized spacial score (nSPS) is 28.7. The first kappa shape index (κ1) is 17.3. The lowest BCUT2D eigenvalue weighted by molar-refractivity contribution is 0.217. The predicted molar refractivity (Wildman–Crippen MR) is 92.7 cm³/mol. The standard InChI is InChI=1S/C19H38N2/c1-19(2,3)20-11-7-5-6-8-12-21(4)15-18-14-16-9-10-17(18)13-16/h16-18,20H,5-15H2,1-4H3. The summed E-state index contributed by atoms with van der Waals surface area (Å²) in [6, 6.07) is 0. The molecule has 2 rings (SSSR count). The van der Waals surface area contributed by atoms with Crippen LogP contribution >= 0.6 is 0 Å². The first-order valence-electron chi connectivity index (χ1n) is 9.37. The minimum Gasteiger partial charge on any atom is -0.312 e. The molecule has 0 aromatic heterocycles. The molecular formula is C19H38N2. The van der Waals surface area contributed by atoms with Crippen molar-refractivity contribution in [3.63, 3.8) is 0 Å². The number of fused-ring (bicyclic) bond motifs is 2. The van der Waals surface area contributed by atoms with Gasteiger partial charge in [0.1, 0.15) is 0 Å². The predicted octanol–water partition coefficient (Wildman–Crippen LogP) is 4.30. The van der Waals surface area contributed by atoms with Gasteiger partial charge in [-0.3, -0.25) is 0 Å². The SMILES string of the molecule is CN(CCCCCCNC(C)(C)C)CC1CC2CCC1C2. The van der Waals surface area contributed by atoms with E-state index in [2.05, 4.69) is 38.0 Å². The van der Waals surface area contributed by atoms with Crippen molar-refractivity contribution in [1.29, 1.82) is 0 Å². The van der Waals surface area contributed by atoms with E-state index in [0.29, 0.717) is 0 Å². The minimum atomic E-state index is 0.279. The van der Waals surface area contributed by atoms with Crippen LogP contribution in [-0.2, 0) is 0 Å². The van der Waals surface area contributed by atoms with Gasteiger partial charge < -0.3 is 10.2 Å². The smallest absolute Gasteiger partial charge is 0.00965 e. The molecule has 0 aliphatic heterocycles. The third kappa shape index (κ3) is 6.28. The van der Waals surface area contributed by atoms with Crippen LogP contribution in [0.1, 0.15) is 72.1 Å². The highest BCUT2D eigenvalue weighted by Crippen LogP contribution is 2.48. The van der Waals surface area contributed by atoms with Crippen molar-refractivity contribution >= 4 is 0 Å². The van der Waals surface area contributed by atoms with Crippen LogP contribution in [0.15, 0.2) is 0 Å². The summed E-state index contributed by atoms with van der Waals surface area (Å²) < 4.78 is 0. The monoisotopic (exact) mass is 294 g/mol. The molecule has 0 radical (unpaired) electrons. The first-order chi connectivity index (χ1) is 9.94. The van der Waals surface area contributed by atoms with Crippen LogP contribution in [0.4, 0.5) is 0 Å². The molecule has 1 N–H and O–H groups in total. The summed E-state index contributed by atoms with van der Waals surface area (Å²) in [4.78, 5) is 2.61. The van der Waals surface area contributed by atoms with Gasteiger partial charge in [-0.2, -0.15) is 0 Å². The average Bonchev–Trinajstić information content (AvgIpc) is 2.98. The molecule has 0 aromatic rings. The Labute approximate surface area is 133 Å². The Balaban J connectivity index is 1.44. The van der Waals surface area contributed by atoms with E-state index in [-0.39, 0.29) is 5.54 Å². The highest BCUT2D eigenvalue weighted by molar-refractivity contribution is 4.90. The summed E-state index contributed by atoms with van der Waals surface area (Å²) >= 11 is 0. The van der Waals surface area contributed by atoms with Crippen LogP contribution in [0.2, 0.25) is 0 Å². The average molecular weight is 295 g/mol. The molecule has 2 aliphatic rings. The zero-order valence-electron chi connectivity index (χ0n) is 15.0. The number of nitrogens with one attached hydrogen (secondary N) is 1. The highest BCUT2D eigenvalue weighted by Gasteiger charge is 2.39. The van der Waals surface area contributed by atoms with Gasteiger partial charge in [0, 0.05) is 12.1 Å². The molecule has 21 heavy (non-hydrogen) atoms. The molecule has 124 valence electrons. The highest BCUT2D eigenvalue weighted by atomic mass is 15.1. The fourth-order valence-electron chi connectivity index (χ4n) is 4.42.